The minimum Gasteiger partial charge on any atom is -0.466 e. The van der Waals surface area contributed by atoms with E-state index in [-0.39, 0.29) is 11.9 Å². The Morgan fingerprint density at radius 2 is 1.95 bits per heavy atom. The first-order valence-electron chi connectivity index (χ1n) is 7.65. The van der Waals surface area contributed by atoms with Crippen LogP contribution in [0.25, 0.3) is 6.08 Å². The van der Waals surface area contributed by atoms with Crippen LogP contribution in [0.5, 0.6) is 0 Å². The molecule has 3 nitrogen and oxygen atoms in total. The summed E-state index contributed by atoms with van der Waals surface area (Å²) in [5.41, 5.74) is 1.74. The Balaban J connectivity index is 1.81. The van der Waals surface area contributed by atoms with Crippen molar-refractivity contribution in [3.05, 3.63) is 27.0 Å². The van der Waals surface area contributed by atoms with Crippen molar-refractivity contribution in [3.8, 4) is 0 Å². The van der Waals surface area contributed by atoms with Crippen LogP contribution in [0.1, 0.15) is 58.6 Å². The molecule has 0 atom stereocenters. The largest absolute Gasteiger partial charge is 0.466 e. The molecule has 0 aromatic carbocycles. The van der Waals surface area contributed by atoms with Gasteiger partial charge < -0.3 is 4.74 Å². The monoisotopic (exact) mass is 304 g/mol. The van der Waals surface area contributed by atoms with Crippen molar-refractivity contribution in [1.29, 1.82) is 0 Å². The van der Waals surface area contributed by atoms with Crippen LogP contribution in [0, 0.1) is 5.92 Å². The van der Waals surface area contributed by atoms with Crippen molar-refractivity contribution < 1.29 is 14.3 Å². The number of hydrogen-bond donors (Lipinski definition) is 0. The quantitative estimate of drug-likeness (QED) is 0.626. The number of ether oxygens (including phenoxy) is 1. The van der Waals surface area contributed by atoms with E-state index in [9.17, 15) is 9.59 Å². The summed E-state index contributed by atoms with van der Waals surface area (Å²) >= 11 is 1.61. The van der Waals surface area contributed by atoms with Crippen LogP contribution in [-0.4, -0.2) is 18.9 Å². The van der Waals surface area contributed by atoms with Crippen LogP contribution < -0.4 is 0 Å². The van der Waals surface area contributed by atoms with E-state index >= 15 is 0 Å². The number of methoxy groups -OCH3 is 1. The fourth-order valence-electron chi connectivity index (χ4n) is 3.25. The smallest absolute Gasteiger partial charge is 0.333 e. The summed E-state index contributed by atoms with van der Waals surface area (Å²) in [7, 11) is 1.41. The van der Waals surface area contributed by atoms with Gasteiger partial charge in [-0.1, -0.05) is 19.3 Å². The Hall–Kier alpha value is -1.42. The lowest BCUT2D eigenvalue weighted by Crippen LogP contribution is -2.16. The highest BCUT2D eigenvalue weighted by Crippen LogP contribution is 2.35. The third-order valence-corrected chi connectivity index (χ3v) is 5.68. The lowest BCUT2D eigenvalue weighted by atomic mass is 9.85. The topological polar surface area (TPSA) is 43.4 Å². The molecule has 3 rings (SSSR count). The van der Waals surface area contributed by atoms with Crippen molar-refractivity contribution in [2.24, 2.45) is 5.92 Å². The average Bonchev–Trinajstić information content (AvgIpc) is 2.97. The van der Waals surface area contributed by atoms with Gasteiger partial charge in [0, 0.05) is 16.4 Å². The number of carbonyl (C=O) groups excluding carboxylic acids is 2. The molecule has 1 fully saturated rings. The summed E-state index contributed by atoms with van der Waals surface area (Å²) in [6.45, 7) is 0. The minimum atomic E-state index is -0.257. The van der Waals surface area contributed by atoms with Crippen LogP contribution in [-0.2, 0) is 16.0 Å². The van der Waals surface area contributed by atoms with Gasteiger partial charge in [0.15, 0.2) is 5.78 Å². The zero-order chi connectivity index (χ0) is 14.8. The molecule has 0 N–H and O–H groups in total. The molecule has 1 aromatic rings. The van der Waals surface area contributed by atoms with E-state index in [1.54, 1.807) is 11.3 Å². The Bertz CT molecular complexity index is 591. The maximum absolute atomic E-state index is 12.6. The second kappa shape index (κ2) is 6.14. The number of aryl methyl sites for hydroxylation is 1. The van der Waals surface area contributed by atoms with Crippen LogP contribution >= 0.6 is 11.3 Å². The molecule has 21 heavy (non-hydrogen) atoms. The molecule has 0 radical (unpaired) electrons. The van der Waals surface area contributed by atoms with Crippen molar-refractivity contribution >= 4 is 29.2 Å². The predicted molar refractivity (Wildman–Crippen MR) is 83.5 cm³/mol. The molecule has 1 heterocycles. The maximum Gasteiger partial charge on any atom is 0.333 e. The Labute approximate surface area is 129 Å². The van der Waals surface area contributed by atoms with Gasteiger partial charge in [0.25, 0.3) is 0 Å². The molecule has 4 heteroatoms. The van der Waals surface area contributed by atoms with E-state index < -0.39 is 0 Å². The zero-order valence-corrected chi connectivity index (χ0v) is 13.1. The molecule has 0 bridgehead atoms. The van der Waals surface area contributed by atoms with Gasteiger partial charge in [0.05, 0.1) is 12.0 Å². The summed E-state index contributed by atoms with van der Waals surface area (Å²) in [5, 5.41) is 0. The van der Waals surface area contributed by atoms with Gasteiger partial charge in [-0.05, 0) is 43.4 Å². The molecule has 0 saturated heterocycles. The Kier molecular flexibility index (Phi) is 4.24. The zero-order valence-electron chi connectivity index (χ0n) is 12.3. The lowest BCUT2D eigenvalue weighted by Gasteiger charge is -2.19. The number of carbonyl (C=O) groups is 2. The summed E-state index contributed by atoms with van der Waals surface area (Å²) in [5.74, 6) is 0.261. The van der Waals surface area contributed by atoms with Crippen molar-refractivity contribution in [3.63, 3.8) is 0 Å². The highest BCUT2D eigenvalue weighted by atomic mass is 32.1. The highest BCUT2D eigenvalue weighted by molar-refractivity contribution is 7.14. The van der Waals surface area contributed by atoms with E-state index in [1.165, 1.54) is 31.2 Å². The first-order valence-corrected chi connectivity index (χ1v) is 8.46. The molecular weight excluding hydrogens is 284 g/mol. The molecule has 0 amide bonds. The van der Waals surface area contributed by atoms with Gasteiger partial charge >= 0.3 is 5.97 Å². The molecule has 112 valence electrons. The normalized spacial score (nSPS) is 18.8. The average molecular weight is 304 g/mol. The van der Waals surface area contributed by atoms with Crippen LogP contribution in [0.3, 0.4) is 0 Å². The van der Waals surface area contributed by atoms with E-state index in [0.717, 1.165) is 29.7 Å². The van der Waals surface area contributed by atoms with Gasteiger partial charge in [-0.15, -0.1) is 11.3 Å². The summed E-state index contributed by atoms with van der Waals surface area (Å²) in [6, 6.07) is 1.97. The third kappa shape index (κ3) is 2.95. The van der Waals surface area contributed by atoms with E-state index in [1.807, 2.05) is 12.1 Å². The van der Waals surface area contributed by atoms with Crippen LogP contribution in [0.4, 0.5) is 0 Å². The minimum absolute atomic E-state index is 0.211. The van der Waals surface area contributed by atoms with Gasteiger partial charge in [0.2, 0.25) is 0 Å². The van der Waals surface area contributed by atoms with Crippen molar-refractivity contribution in [2.45, 2.75) is 44.9 Å². The molecule has 2 aliphatic carbocycles. The number of fused-ring (bicyclic) bond motifs is 1. The summed E-state index contributed by atoms with van der Waals surface area (Å²) < 4.78 is 4.78. The second-order valence-corrected chi connectivity index (χ2v) is 6.99. The van der Waals surface area contributed by atoms with E-state index in [4.69, 9.17) is 4.74 Å². The fraction of sp³-hybridized carbons (Fsp3) is 0.529. The Morgan fingerprint density at radius 3 is 2.67 bits per heavy atom. The second-order valence-electron chi connectivity index (χ2n) is 5.85. The highest BCUT2D eigenvalue weighted by Gasteiger charge is 2.26. The van der Waals surface area contributed by atoms with Crippen LogP contribution in [0.15, 0.2) is 11.6 Å². The molecule has 0 unspecified atom stereocenters. The standard InChI is InChI=1S/C17H20O3S/c1-20-17(19)12-7-8-14-13(9-12)10-15(21-14)16(18)11-5-3-2-4-6-11/h9-11H,2-8H2,1H3. The number of esters is 1. The first-order chi connectivity index (χ1) is 10.2. The number of Topliss-reactive ketones (excluding diaryl/α,β-unsaturated/α-hetero) is 1. The van der Waals surface area contributed by atoms with Crippen molar-refractivity contribution in [2.75, 3.05) is 7.11 Å². The van der Waals surface area contributed by atoms with E-state index in [0.29, 0.717) is 17.8 Å². The van der Waals surface area contributed by atoms with Gasteiger partial charge in [-0.2, -0.15) is 0 Å². The number of thiophene rings is 1. The Morgan fingerprint density at radius 1 is 1.19 bits per heavy atom. The summed E-state index contributed by atoms with van der Waals surface area (Å²) in [4.78, 5) is 26.3. The third-order valence-electron chi connectivity index (χ3n) is 4.46. The molecule has 0 aliphatic heterocycles. The molecule has 1 saturated carbocycles. The number of rotatable bonds is 3. The molecule has 2 aliphatic rings. The van der Waals surface area contributed by atoms with Gasteiger partial charge in [-0.25, -0.2) is 4.79 Å². The van der Waals surface area contributed by atoms with E-state index in [2.05, 4.69) is 0 Å². The lowest BCUT2D eigenvalue weighted by molar-refractivity contribution is -0.136. The van der Waals surface area contributed by atoms with Crippen molar-refractivity contribution in [1.82, 2.24) is 0 Å². The van der Waals surface area contributed by atoms with Gasteiger partial charge in [0.1, 0.15) is 0 Å². The number of ketones is 1. The van der Waals surface area contributed by atoms with Crippen LogP contribution in [0.2, 0.25) is 0 Å². The van der Waals surface area contributed by atoms with Gasteiger partial charge in [-0.3, -0.25) is 4.79 Å². The SMILES string of the molecule is COC(=O)C1=Cc2cc(C(=O)C3CCCCC3)sc2CC1. The number of hydrogen-bond acceptors (Lipinski definition) is 4. The molecular formula is C17H20O3S. The fourth-order valence-corrected chi connectivity index (χ4v) is 4.41. The molecule has 1 aromatic heterocycles. The first kappa shape index (κ1) is 14.5. The summed E-state index contributed by atoms with van der Waals surface area (Å²) in [6.07, 6.45) is 9.10. The molecule has 0 spiro atoms. The maximum atomic E-state index is 12.6. The predicted octanol–water partition coefficient (Wildman–Crippen LogP) is 4.01.